The van der Waals surface area contributed by atoms with Gasteiger partial charge in [-0.25, -0.2) is 8.42 Å². The molecular formula is C7H16N2O2S. The first-order valence-electron chi connectivity index (χ1n) is 4.13. The maximum Gasteiger partial charge on any atom is 0.148 e. The molecule has 0 bridgehead atoms. The summed E-state index contributed by atoms with van der Waals surface area (Å²) < 4.78 is 21.6. The Morgan fingerprint density at radius 2 is 2.25 bits per heavy atom. The second-order valence-corrected chi connectivity index (χ2v) is 5.74. The van der Waals surface area contributed by atoms with Crippen molar-refractivity contribution in [1.82, 2.24) is 4.90 Å². The summed E-state index contributed by atoms with van der Waals surface area (Å²) >= 11 is 0. The first kappa shape index (κ1) is 9.95. The Labute approximate surface area is 73.6 Å². The predicted molar refractivity (Wildman–Crippen MR) is 48.7 cm³/mol. The van der Waals surface area contributed by atoms with Crippen LogP contribution >= 0.6 is 0 Å². The summed E-state index contributed by atoms with van der Waals surface area (Å²) in [7, 11) is -2.81. The Balaban J connectivity index is 2.25. The van der Waals surface area contributed by atoms with Gasteiger partial charge in [0.2, 0.25) is 0 Å². The van der Waals surface area contributed by atoms with Crippen molar-refractivity contribution in [1.29, 1.82) is 0 Å². The highest BCUT2D eigenvalue weighted by Gasteiger charge is 2.19. The van der Waals surface area contributed by atoms with Gasteiger partial charge < -0.3 is 10.6 Å². The Morgan fingerprint density at radius 1 is 1.58 bits per heavy atom. The van der Waals surface area contributed by atoms with Crippen LogP contribution in [0.3, 0.4) is 0 Å². The summed E-state index contributed by atoms with van der Waals surface area (Å²) in [5, 5.41) is 0. The first-order chi connectivity index (χ1) is 5.47. The third-order valence-electron chi connectivity index (χ3n) is 2.09. The second kappa shape index (κ2) is 3.72. The van der Waals surface area contributed by atoms with Crippen molar-refractivity contribution < 1.29 is 8.42 Å². The van der Waals surface area contributed by atoms with E-state index in [2.05, 4.69) is 4.90 Å². The second-order valence-electron chi connectivity index (χ2n) is 3.48. The van der Waals surface area contributed by atoms with Crippen molar-refractivity contribution in [3.63, 3.8) is 0 Å². The number of hydrogen-bond acceptors (Lipinski definition) is 4. The molecule has 0 spiro atoms. The monoisotopic (exact) mass is 192 g/mol. The molecule has 0 amide bonds. The van der Waals surface area contributed by atoms with Gasteiger partial charge in [0.15, 0.2) is 0 Å². The zero-order valence-corrected chi connectivity index (χ0v) is 8.18. The number of hydrogen-bond donors (Lipinski definition) is 1. The Hall–Kier alpha value is -0.130. The maximum atomic E-state index is 10.8. The molecule has 1 fully saturated rings. The minimum Gasteiger partial charge on any atom is -0.326 e. The average molecular weight is 192 g/mol. The van der Waals surface area contributed by atoms with E-state index in [0.717, 1.165) is 19.5 Å². The highest BCUT2D eigenvalue weighted by Crippen LogP contribution is 2.06. The normalized spacial score (nSPS) is 26.3. The van der Waals surface area contributed by atoms with Gasteiger partial charge in [-0.2, -0.15) is 0 Å². The molecule has 0 aromatic heterocycles. The number of nitrogens with two attached hydrogens (primary N) is 1. The fourth-order valence-electron chi connectivity index (χ4n) is 1.36. The van der Waals surface area contributed by atoms with Crippen LogP contribution in [0.2, 0.25) is 0 Å². The van der Waals surface area contributed by atoms with Crippen LogP contribution in [0.25, 0.3) is 0 Å². The number of nitrogens with zero attached hydrogens (tertiary/aromatic N) is 1. The van der Waals surface area contributed by atoms with E-state index in [1.807, 2.05) is 0 Å². The molecule has 1 saturated heterocycles. The molecule has 0 saturated carbocycles. The van der Waals surface area contributed by atoms with E-state index in [4.69, 9.17) is 5.73 Å². The highest BCUT2D eigenvalue weighted by molar-refractivity contribution is 7.90. The lowest BCUT2D eigenvalue weighted by atomic mass is 10.3. The van der Waals surface area contributed by atoms with Gasteiger partial charge in [0.25, 0.3) is 0 Å². The summed E-state index contributed by atoms with van der Waals surface area (Å²) in [5.41, 5.74) is 5.67. The SMILES string of the molecule is CS(=O)(=O)CCN1CC[C@@H](N)C1. The van der Waals surface area contributed by atoms with Gasteiger partial charge in [-0.15, -0.1) is 0 Å². The Bertz CT molecular complexity index is 238. The quantitative estimate of drug-likeness (QED) is 0.627. The van der Waals surface area contributed by atoms with Crippen LogP contribution in [0, 0.1) is 0 Å². The molecule has 0 aromatic carbocycles. The van der Waals surface area contributed by atoms with Crippen LogP contribution in [0.15, 0.2) is 0 Å². The summed E-state index contributed by atoms with van der Waals surface area (Å²) in [6.07, 6.45) is 2.26. The van der Waals surface area contributed by atoms with Crippen molar-refractivity contribution in [2.45, 2.75) is 12.5 Å². The molecule has 2 N–H and O–H groups in total. The van der Waals surface area contributed by atoms with Crippen LogP contribution < -0.4 is 5.73 Å². The zero-order chi connectivity index (χ0) is 9.19. The Kier molecular flexibility index (Phi) is 3.09. The van der Waals surface area contributed by atoms with Gasteiger partial charge in [-0.3, -0.25) is 0 Å². The summed E-state index contributed by atoms with van der Waals surface area (Å²) in [4.78, 5) is 2.10. The molecule has 0 unspecified atom stereocenters. The summed E-state index contributed by atoms with van der Waals surface area (Å²) in [5.74, 6) is 0.250. The smallest absolute Gasteiger partial charge is 0.148 e. The number of rotatable bonds is 3. The maximum absolute atomic E-state index is 10.8. The van der Waals surface area contributed by atoms with Gasteiger partial charge in [-0.1, -0.05) is 0 Å². The molecule has 12 heavy (non-hydrogen) atoms. The van der Waals surface area contributed by atoms with E-state index in [9.17, 15) is 8.42 Å². The van der Waals surface area contributed by atoms with Crippen LogP contribution in [0.1, 0.15) is 6.42 Å². The van der Waals surface area contributed by atoms with Crippen LogP contribution in [0.4, 0.5) is 0 Å². The molecule has 1 rings (SSSR count). The van der Waals surface area contributed by atoms with E-state index in [1.54, 1.807) is 0 Å². The molecule has 1 aliphatic heterocycles. The van der Waals surface area contributed by atoms with E-state index < -0.39 is 9.84 Å². The van der Waals surface area contributed by atoms with Crippen molar-refractivity contribution in [3.05, 3.63) is 0 Å². The molecule has 0 aliphatic carbocycles. The molecule has 0 radical (unpaired) electrons. The molecular weight excluding hydrogens is 176 g/mol. The van der Waals surface area contributed by atoms with E-state index >= 15 is 0 Å². The van der Waals surface area contributed by atoms with E-state index in [-0.39, 0.29) is 11.8 Å². The molecule has 4 nitrogen and oxygen atoms in total. The van der Waals surface area contributed by atoms with Gasteiger partial charge in [-0.05, 0) is 13.0 Å². The highest BCUT2D eigenvalue weighted by atomic mass is 32.2. The first-order valence-corrected chi connectivity index (χ1v) is 6.19. The summed E-state index contributed by atoms with van der Waals surface area (Å²) in [6.45, 7) is 2.42. The lowest BCUT2D eigenvalue weighted by Gasteiger charge is -2.13. The summed E-state index contributed by atoms with van der Waals surface area (Å²) in [6, 6.07) is 0.240. The standard InChI is InChI=1S/C7H16N2O2S/c1-12(10,11)5-4-9-3-2-7(8)6-9/h7H,2-6,8H2,1H3/t7-/m1/s1. The van der Waals surface area contributed by atoms with Crippen LogP contribution in [0.5, 0.6) is 0 Å². The van der Waals surface area contributed by atoms with Gasteiger partial charge in [0.05, 0.1) is 5.75 Å². The molecule has 1 aliphatic rings. The van der Waals surface area contributed by atoms with Gasteiger partial charge in [0.1, 0.15) is 9.84 Å². The molecule has 1 heterocycles. The van der Waals surface area contributed by atoms with Crippen molar-refractivity contribution >= 4 is 9.84 Å². The molecule has 0 aromatic rings. The lowest BCUT2D eigenvalue weighted by molar-refractivity contribution is 0.354. The van der Waals surface area contributed by atoms with Gasteiger partial charge >= 0.3 is 0 Å². The largest absolute Gasteiger partial charge is 0.326 e. The van der Waals surface area contributed by atoms with Gasteiger partial charge in [0, 0.05) is 25.4 Å². The predicted octanol–water partition coefficient (Wildman–Crippen LogP) is -0.936. The fourth-order valence-corrected chi connectivity index (χ4v) is 1.95. The van der Waals surface area contributed by atoms with Crippen molar-refractivity contribution in [2.75, 3.05) is 31.6 Å². The van der Waals surface area contributed by atoms with Crippen molar-refractivity contribution in [3.8, 4) is 0 Å². The molecule has 5 heteroatoms. The minimum absolute atomic E-state index is 0.240. The van der Waals surface area contributed by atoms with E-state index in [0.29, 0.717) is 6.54 Å². The third-order valence-corrected chi connectivity index (χ3v) is 3.01. The molecule has 72 valence electrons. The van der Waals surface area contributed by atoms with Crippen LogP contribution in [-0.4, -0.2) is 51.0 Å². The van der Waals surface area contributed by atoms with Crippen LogP contribution in [-0.2, 0) is 9.84 Å². The Morgan fingerprint density at radius 3 is 2.67 bits per heavy atom. The third kappa shape index (κ3) is 3.51. The van der Waals surface area contributed by atoms with E-state index in [1.165, 1.54) is 6.26 Å². The average Bonchev–Trinajstić information content (AvgIpc) is 2.30. The number of likely N-dealkylation sites (tertiary alicyclic amines) is 1. The zero-order valence-electron chi connectivity index (χ0n) is 7.36. The topological polar surface area (TPSA) is 63.4 Å². The molecule has 1 atom stereocenters. The van der Waals surface area contributed by atoms with Crippen molar-refractivity contribution in [2.24, 2.45) is 5.73 Å². The lowest BCUT2D eigenvalue weighted by Crippen LogP contribution is -2.30. The fraction of sp³-hybridized carbons (Fsp3) is 1.00. The minimum atomic E-state index is -2.81. The number of sulfone groups is 1.